The van der Waals surface area contributed by atoms with Crippen LogP contribution in [0.3, 0.4) is 0 Å². The van der Waals surface area contributed by atoms with Gasteiger partial charge in [-0.1, -0.05) is 110 Å². The Kier molecular flexibility index (Phi) is 25.8. The lowest BCUT2D eigenvalue weighted by atomic mass is 9.99. The maximum Gasteiger partial charge on any atom is 0.329 e. The number of unbranched alkanes of at least 4 members (excludes halogenated alkanes) is 4. The van der Waals surface area contributed by atoms with Crippen LogP contribution in [0.4, 0.5) is 0 Å². The molecule has 0 spiro atoms. The van der Waals surface area contributed by atoms with Crippen LogP contribution in [0.2, 0.25) is 0 Å². The Balaban J connectivity index is 1.72. The van der Waals surface area contributed by atoms with Crippen molar-refractivity contribution in [3.05, 3.63) is 84.0 Å². The number of carbonyl (C=O) groups excluding carboxylic acids is 8. The van der Waals surface area contributed by atoms with Crippen LogP contribution in [0.5, 0.6) is 11.5 Å². The molecule has 0 aliphatic carbocycles. The van der Waals surface area contributed by atoms with Crippen molar-refractivity contribution in [2.45, 2.75) is 155 Å². The van der Waals surface area contributed by atoms with Crippen molar-refractivity contribution in [3.63, 3.8) is 0 Å². The summed E-state index contributed by atoms with van der Waals surface area (Å²) in [5.41, 5.74) is 1.22. The first-order chi connectivity index (χ1) is 35.0. The zero-order valence-electron chi connectivity index (χ0n) is 44.0. The highest BCUT2D eigenvalue weighted by molar-refractivity contribution is 5.95. The van der Waals surface area contributed by atoms with E-state index in [0.29, 0.717) is 11.1 Å². The number of amides is 7. The molecule has 0 radical (unpaired) electrons. The summed E-state index contributed by atoms with van der Waals surface area (Å²) < 4.78 is 5.66. The van der Waals surface area contributed by atoms with Crippen LogP contribution in [-0.2, 0) is 55.9 Å². The number of likely N-dealkylation sites (N-methyl/N-ethyl adjacent to an activating group) is 1. The highest BCUT2D eigenvalue weighted by Gasteiger charge is 2.37. The fraction of sp³-hybridized carbons (Fsp3) is 0.556. The molecule has 0 bridgehead atoms. The van der Waals surface area contributed by atoms with E-state index in [1.54, 1.807) is 71.9 Å². The molecule has 2 aromatic carbocycles. The molecular weight excluding hydrogens is 955 g/mol. The number of nitrogens with zero attached hydrogens (tertiary/aromatic N) is 1. The number of aliphatic hydroxyl groups is 2. The van der Waals surface area contributed by atoms with Crippen molar-refractivity contribution in [1.29, 1.82) is 0 Å². The number of phenolic OH excluding ortho intramolecular Hbond substituents is 2. The molecular formula is C54H79N7O13. The Morgan fingerprint density at radius 3 is 1.96 bits per heavy atom. The summed E-state index contributed by atoms with van der Waals surface area (Å²) in [6.07, 6.45) is 8.86. The van der Waals surface area contributed by atoms with Gasteiger partial charge in [0.05, 0.1) is 31.2 Å². The number of phenols is 2. The van der Waals surface area contributed by atoms with Gasteiger partial charge in [0, 0.05) is 32.4 Å². The highest BCUT2D eigenvalue weighted by atomic mass is 16.5. The highest BCUT2D eigenvalue weighted by Crippen LogP contribution is 2.18. The first-order valence-electron chi connectivity index (χ1n) is 25.5. The maximum absolute atomic E-state index is 13.9. The molecule has 8 unspecified atom stereocenters. The van der Waals surface area contributed by atoms with Crippen molar-refractivity contribution in [2.75, 3.05) is 20.3 Å². The molecule has 408 valence electrons. The number of allylic oxidation sites excluding steroid dienone is 1. The van der Waals surface area contributed by atoms with E-state index in [1.165, 1.54) is 42.3 Å². The van der Waals surface area contributed by atoms with Crippen molar-refractivity contribution in [3.8, 4) is 11.5 Å². The molecule has 20 nitrogen and oxygen atoms in total. The maximum atomic E-state index is 13.9. The number of hydrogen-bond acceptors (Lipinski definition) is 13. The quantitative estimate of drug-likeness (QED) is 0.0368. The third-order valence-electron chi connectivity index (χ3n) is 12.5. The van der Waals surface area contributed by atoms with Gasteiger partial charge in [-0.15, -0.1) is 0 Å². The third-order valence-corrected chi connectivity index (χ3v) is 12.5. The van der Waals surface area contributed by atoms with Gasteiger partial charge in [0.2, 0.25) is 41.4 Å². The summed E-state index contributed by atoms with van der Waals surface area (Å²) in [7, 11) is 1.42. The van der Waals surface area contributed by atoms with E-state index >= 15 is 0 Å². The Hall–Kier alpha value is -6.80. The van der Waals surface area contributed by atoms with E-state index in [4.69, 9.17) is 4.74 Å². The monoisotopic (exact) mass is 1030 g/mol. The summed E-state index contributed by atoms with van der Waals surface area (Å²) in [6.45, 7) is 10.9. The Labute approximate surface area is 434 Å². The van der Waals surface area contributed by atoms with Gasteiger partial charge >= 0.3 is 5.97 Å². The molecule has 1 aliphatic heterocycles. The number of esters is 1. The normalized spacial score (nSPS) is 18.6. The summed E-state index contributed by atoms with van der Waals surface area (Å²) in [5, 5.41) is 57.0. The topological polar surface area (TPSA) is 302 Å². The number of ether oxygens (including phenoxy) is 1. The molecule has 7 amide bonds. The molecule has 8 atom stereocenters. The summed E-state index contributed by atoms with van der Waals surface area (Å²) in [6, 6.07) is 3.83. The number of rotatable bonds is 26. The average molecular weight is 1030 g/mol. The summed E-state index contributed by atoms with van der Waals surface area (Å²) >= 11 is 0. The second-order valence-corrected chi connectivity index (χ2v) is 19.8. The number of aliphatic hydroxyl groups excluding tert-OH is 2. The van der Waals surface area contributed by atoms with Crippen molar-refractivity contribution >= 4 is 47.3 Å². The zero-order valence-corrected chi connectivity index (χ0v) is 44.0. The standard InChI is InChI=1S/C54H79N7O13/c1-9-10-11-12-13-14-15-16-44(66)56-40(27-35-17-22-38(63)23-18-35)50(69)60-48(33(4)5)52(71)57-41(30-62)43(65)29-46(68)59-47(32(2)3)51(70)55-37-21-26-45(67)58-49(34(6)7)53(72)61(8)42(54(73)74-31-37)28-36-19-24-39(64)25-20-36/h14-15,17-26,32-34,37,40-43,47-49,62-65H,9-13,16,27-31H2,1-8H3,(H,55,70)(H,56,66)(H,57,71)(H,58,67)(H,59,68)(H,60,69). The Bertz CT molecular complexity index is 2230. The second kappa shape index (κ2) is 31.1. The van der Waals surface area contributed by atoms with Crippen LogP contribution in [-0.4, -0.2) is 141 Å². The van der Waals surface area contributed by atoms with Crippen LogP contribution >= 0.6 is 0 Å². The molecule has 0 aromatic heterocycles. The molecule has 1 aliphatic rings. The molecule has 10 N–H and O–H groups in total. The summed E-state index contributed by atoms with van der Waals surface area (Å²) in [5.74, 6) is -6.95. The SMILES string of the molecule is CCCCCCC=CCC(=O)NC(Cc1ccc(O)cc1)C(=O)NC(C(=O)NC(CO)C(O)CC(=O)NC(C(=O)NC1C=CC(=O)NC(C(C)C)C(=O)N(C)C(Cc2ccc(O)cc2)C(=O)OC1)C(C)C)C(C)C. The lowest BCUT2D eigenvalue weighted by Crippen LogP contribution is -2.59. The van der Waals surface area contributed by atoms with Gasteiger partial charge in [0.15, 0.2) is 0 Å². The minimum Gasteiger partial charge on any atom is -0.508 e. The van der Waals surface area contributed by atoms with E-state index in [2.05, 4.69) is 38.8 Å². The van der Waals surface area contributed by atoms with Gasteiger partial charge in [-0.05, 0) is 66.0 Å². The van der Waals surface area contributed by atoms with Crippen molar-refractivity contribution < 1.29 is 63.5 Å². The largest absolute Gasteiger partial charge is 0.508 e. The van der Waals surface area contributed by atoms with Crippen LogP contribution in [0.15, 0.2) is 72.8 Å². The molecule has 3 rings (SSSR count). The van der Waals surface area contributed by atoms with Crippen LogP contribution in [0, 0.1) is 17.8 Å². The number of benzene rings is 2. The van der Waals surface area contributed by atoms with E-state index in [1.807, 2.05) is 6.08 Å². The molecule has 20 heteroatoms. The van der Waals surface area contributed by atoms with E-state index in [-0.39, 0.29) is 36.7 Å². The Morgan fingerprint density at radius 2 is 1.38 bits per heavy atom. The molecule has 0 saturated carbocycles. The predicted molar refractivity (Wildman–Crippen MR) is 277 cm³/mol. The van der Waals surface area contributed by atoms with Crippen molar-refractivity contribution in [2.24, 2.45) is 17.8 Å². The number of cyclic esters (lactones) is 1. The molecule has 74 heavy (non-hydrogen) atoms. The molecule has 0 fully saturated rings. The molecule has 1 heterocycles. The van der Waals surface area contributed by atoms with E-state index in [9.17, 15) is 58.8 Å². The smallest absolute Gasteiger partial charge is 0.329 e. The predicted octanol–water partition coefficient (Wildman–Crippen LogP) is 2.36. The first kappa shape index (κ1) is 61.5. The van der Waals surface area contributed by atoms with E-state index in [0.717, 1.165) is 38.2 Å². The van der Waals surface area contributed by atoms with Gasteiger partial charge in [0.1, 0.15) is 48.3 Å². The van der Waals surface area contributed by atoms with Gasteiger partial charge < -0.3 is 62.0 Å². The fourth-order valence-electron chi connectivity index (χ4n) is 7.96. The average Bonchev–Trinajstić information content (AvgIpc) is 3.35. The number of hydrogen-bond donors (Lipinski definition) is 10. The van der Waals surface area contributed by atoms with Gasteiger partial charge in [-0.25, -0.2) is 4.79 Å². The van der Waals surface area contributed by atoms with Gasteiger partial charge in [0.25, 0.3) is 0 Å². The lowest BCUT2D eigenvalue weighted by Gasteiger charge is -2.32. The minimum atomic E-state index is -1.69. The van der Waals surface area contributed by atoms with Crippen LogP contribution in [0.25, 0.3) is 0 Å². The zero-order chi connectivity index (χ0) is 55.1. The van der Waals surface area contributed by atoms with Crippen LogP contribution in [0.1, 0.15) is 105 Å². The van der Waals surface area contributed by atoms with Gasteiger partial charge in [-0.3, -0.25) is 33.6 Å². The minimum absolute atomic E-state index is 0.00189. The van der Waals surface area contributed by atoms with Gasteiger partial charge in [-0.2, -0.15) is 0 Å². The molecule has 0 saturated heterocycles. The Morgan fingerprint density at radius 1 is 0.770 bits per heavy atom. The molecule has 2 aromatic rings. The number of carbonyl (C=O) groups is 8. The second-order valence-electron chi connectivity index (χ2n) is 19.8. The summed E-state index contributed by atoms with van der Waals surface area (Å²) in [4.78, 5) is 110. The van der Waals surface area contributed by atoms with E-state index < -0.39 is 127 Å². The van der Waals surface area contributed by atoms with Crippen molar-refractivity contribution in [1.82, 2.24) is 36.8 Å². The first-order valence-corrected chi connectivity index (χ1v) is 25.5. The number of aromatic hydroxyl groups is 2. The fourth-order valence-corrected chi connectivity index (χ4v) is 7.96. The lowest BCUT2D eigenvalue weighted by molar-refractivity contribution is -0.156. The third kappa shape index (κ3) is 20.6. The van der Waals surface area contributed by atoms with Crippen LogP contribution < -0.4 is 31.9 Å². The number of nitrogens with one attached hydrogen (secondary N) is 6.